The molecule has 0 unspecified atom stereocenters. The quantitative estimate of drug-likeness (QED) is 0.0635. The largest absolute Gasteiger partial charge is 0.349 e. The number of thiol groups is 3. The van der Waals surface area contributed by atoms with Gasteiger partial charge in [-0.05, 0) is 33.4 Å². The first-order chi connectivity index (χ1) is 30.0. The van der Waals surface area contributed by atoms with Crippen LogP contribution >= 0.6 is 74.5 Å². The van der Waals surface area contributed by atoms with Gasteiger partial charge in [-0.1, -0.05) is 239 Å². The van der Waals surface area contributed by atoms with Gasteiger partial charge >= 0.3 is 0 Å². The van der Waals surface area contributed by atoms with Crippen molar-refractivity contribution in [1.29, 1.82) is 0 Å². The summed E-state index contributed by atoms with van der Waals surface area (Å²) < 4.78 is 1.88. The van der Waals surface area contributed by atoms with Crippen LogP contribution in [0, 0.1) is 20.8 Å². The second-order valence-corrected chi connectivity index (χ2v) is 18.1. The molecule has 0 bridgehead atoms. The van der Waals surface area contributed by atoms with Crippen molar-refractivity contribution >= 4 is 87.5 Å². The molecule has 10 heteroatoms. The third kappa shape index (κ3) is 21.7. The van der Waals surface area contributed by atoms with Gasteiger partial charge < -0.3 is 14.7 Å². The van der Waals surface area contributed by atoms with E-state index < -0.39 is 0 Å². The average molecular weight is 1020 g/mol. The summed E-state index contributed by atoms with van der Waals surface area (Å²) in [6.07, 6.45) is 0. The molecule has 0 aliphatic carbocycles. The molecule has 0 aliphatic rings. The van der Waals surface area contributed by atoms with Crippen molar-refractivity contribution in [3.63, 3.8) is 0 Å². The van der Waals surface area contributed by atoms with Crippen LogP contribution in [0.2, 0.25) is 0 Å². The molecule has 0 atom stereocenters. The molecule has 0 aliphatic heterocycles. The molecule has 7 rings (SSSR count). The molecule has 324 valence electrons. The molecule has 0 heterocycles. The maximum atomic E-state index is 5.21. The molecule has 0 N–H and O–H groups in total. The van der Waals surface area contributed by atoms with E-state index >= 15 is 0 Å². The van der Waals surface area contributed by atoms with Gasteiger partial charge in [0.05, 0.1) is 0 Å². The van der Waals surface area contributed by atoms with Gasteiger partial charge in [-0.15, -0.1) is 37.9 Å². The van der Waals surface area contributed by atoms with Gasteiger partial charge in [0.25, 0.3) is 0 Å². The fourth-order valence-corrected chi connectivity index (χ4v) is 7.16. The maximum absolute atomic E-state index is 5.21. The molecule has 0 saturated carbocycles. The minimum atomic E-state index is 0. The number of benzene rings is 6. The Morgan fingerprint density at radius 1 is 0.397 bits per heavy atom. The van der Waals surface area contributed by atoms with Crippen LogP contribution in [0.15, 0.2) is 194 Å². The molecule has 0 fully saturated rings. The fourth-order valence-electron chi connectivity index (χ4n) is 6.35. The third-order valence-electron chi connectivity index (χ3n) is 9.62. The Bertz CT molecular complexity index is 1960. The maximum Gasteiger partial charge on any atom is 0.133 e. The van der Waals surface area contributed by atoms with Crippen LogP contribution in [-0.2, 0) is 65.5 Å². The Balaban J connectivity index is 0.000000229. The third-order valence-corrected chi connectivity index (χ3v) is 11.2. The Labute approximate surface area is 428 Å². The number of rotatable bonds is 12. The molecule has 0 aromatic heterocycles. The summed E-state index contributed by atoms with van der Waals surface area (Å²) in [6, 6.07) is 66.2. The van der Waals surface area contributed by atoms with E-state index in [1.807, 2.05) is 109 Å². The van der Waals surface area contributed by atoms with Crippen molar-refractivity contribution in [2.24, 2.45) is 0 Å². The minimum Gasteiger partial charge on any atom is -0.349 e. The molecule has 0 spiro atoms. The normalized spacial score (nSPS) is 9.87. The number of aryl methyl sites for hydroxylation is 3. The fraction of sp³-hybridized carbons (Fsp3) is 0.170. The van der Waals surface area contributed by atoms with Crippen molar-refractivity contribution < 1.29 is 26.2 Å². The molecule has 3 nitrogen and oxygen atoms in total. The van der Waals surface area contributed by atoms with Gasteiger partial charge in [0.1, 0.15) is 13.0 Å². The van der Waals surface area contributed by atoms with Crippen LogP contribution in [0.3, 0.4) is 0 Å². The monoisotopic (exact) mass is 1020 g/mol. The van der Waals surface area contributed by atoms with Gasteiger partial charge in [-0.2, -0.15) is 17.2 Å². The SMILES string of the molecule is Cc1cc(C)[c-](C)c1.S=C(S)N(Cc1ccccc1)Cc1ccccc1.S=C(S)N(Cc1ccccc1)Cc1ccccc1.S=C(S)N(Cc1ccccc1)Cc1ccccc1.[Zr]. The van der Waals surface area contributed by atoms with Gasteiger partial charge in [0.2, 0.25) is 0 Å². The Kier molecular flexibility index (Phi) is 25.9. The van der Waals surface area contributed by atoms with Crippen LogP contribution in [0.5, 0.6) is 0 Å². The van der Waals surface area contributed by atoms with E-state index in [0.717, 1.165) is 39.3 Å². The molecular weight excluding hydrogens is 962 g/mol. The smallest absolute Gasteiger partial charge is 0.133 e. The van der Waals surface area contributed by atoms with Crippen LogP contribution in [-0.4, -0.2) is 27.7 Å². The van der Waals surface area contributed by atoms with Crippen LogP contribution < -0.4 is 0 Å². The van der Waals surface area contributed by atoms with Gasteiger partial charge in [-0.25, -0.2) is 11.6 Å². The zero-order valence-corrected chi connectivity index (χ0v) is 43.7. The molecule has 7 aromatic carbocycles. The first-order valence-electron chi connectivity index (χ1n) is 20.3. The van der Waals surface area contributed by atoms with Gasteiger partial charge in [0, 0.05) is 65.5 Å². The summed E-state index contributed by atoms with van der Waals surface area (Å²) >= 11 is 28.5. The van der Waals surface area contributed by atoms with E-state index in [2.05, 4.69) is 158 Å². The Morgan fingerprint density at radius 3 is 0.698 bits per heavy atom. The van der Waals surface area contributed by atoms with E-state index in [0.29, 0.717) is 13.0 Å². The molecular formula is C53H56N3S6Zr-. The standard InChI is InChI=1S/3C15H15NS2.C8H11.Zr/c3*17-15(18)16(11-13-7-3-1-4-8-13)12-14-9-5-2-6-10-14;1-6-4-7(2)8(3)5-6;/h3*1-10H,11-12H2,(H,17,18);4-5H,1-3H3;/q;;;-1;. The number of thiocarbonyl (C=S) groups is 3. The summed E-state index contributed by atoms with van der Waals surface area (Å²) in [4.78, 5) is 6.26. The zero-order chi connectivity index (χ0) is 44.5. The molecule has 7 aromatic rings. The zero-order valence-electron chi connectivity index (χ0n) is 36.1. The molecule has 63 heavy (non-hydrogen) atoms. The molecule has 0 saturated heterocycles. The second-order valence-electron chi connectivity index (χ2n) is 14.7. The van der Waals surface area contributed by atoms with Crippen molar-refractivity contribution in [3.8, 4) is 0 Å². The first-order valence-corrected chi connectivity index (χ1v) is 22.9. The van der Waals surface area contributed by atoms with Crippen LogP contribution in [0.4, 0.5) is 0 Å². The summed E-state index contributed by atoms with van der Waals surface area (Å²) in [5, 5.41) is 0. The predicted molar refractivity (Wildman–Crippen MR) is 287 cm³/mol. The topological polar surface area (TPSA) is 9.72 Å². The van der Waals surface area contributed by atoms with Crippen LogP contribution in [0.25, 0.3) is 0 Å². The van der Waals surface area contributed by atoms with Gasteiger partial charge in [0.15, 0.2) is 0 Å². The van der Waals surface area contributed by atoms with E-state index in [9.17, 15) is 0 Å². The molecule has 0 radical (unpaired) electrons. The minimum absolute atomic E-state index is 0. The van der Waals surface area contributed by atoms with Crippen molar-refractivity contribution in [2.45, 2.75) is 60.0 Å². The summed E-state index contributed by atoms with van der Waals surface area (Å²) in [5.74, 6) is 0. The summed E-state index contributed by atoms with van der Waals surface area (Å²) in [7, 11) is 0. The number of hydrogen-bond acceptors (Lipinski definition) is 3. The Morgan fingerprint density at radius 2 is 0.587 bits per heavy atom. The molecule has 0 amide bonds. The predicted octanol–water partition coefficient (Wildman–Crippen LogP) is 14.0. The second kappa shape index (κ2) is 30.4. The summed E-state index contributed by atoms with van der Waals surface area (Å²) in [5.41, 5.74) is 11.6. The van der Waals surface area contributed by atoms with Crippen molar-refractivity contribution in [3.05, 3.63) is 244 Å². The van der Waals surface area contributed by atoms with E-state index in [1.165, 1.54) is 50.1 Å². The number of nitrogens with zero attached hydrogens (tertiary/aromatic N) is 3. The van der Waals surface area contributed by atoms with Crippen LogP contribution in [0.1, 0.15) is 50.1 Å². The summed E-state index contributed by atoms with van der Waals surface area (Å²) in [6.45, 7) is 11.1. The van der Waals surface area contributed by atoms with Crippen molar-refractivity contribution in [1.82, 2.24) is 14.7 Å². The first kappa shape index (κ1) is 53.6. The Hall–Kier alpha value is -3.73. The van der Waals surface area contributed by atoms with Gasteiger partial charge in [-0.3, -0.25) is 0 Å². The van der Waals surface area contributed by atoms with Crippen molar-refractivity contribution in [2.75, 3.05) is 0 Å². The van der Waals surface area contributed by atoms with E-state index in [-0.39, 0.29) is 26.2 Å². The van der Waals surface area contributed by atoms with E-state index in [1.54, 1.807) is 0 Å². The number of hydrogen-bond donors (Lipinski definition) is 3. The average Bonchev–Trinajstić information content (AvgIpc) is 3.58. The van der Waals surface area contributed by atoms with E-state index in [4.69, 9.17) is 36.7 Å².